The van der Waals surface area contributed by atoms with Crippen LogP contribution in [0.3, 0.4) is 0 Å². The van der Waals surface area contributed by atoms with Crippen LogP contribution in [0.25, 0.3) is 0 Å². The summed E-state index contributed by atoms with van der Waals surface area (Å²) in [7, 11) is 0. The summed E-state index contributed by atoms with van der Waals surface area (Å²) in [6.45, 7) is 1.51. The largest absolute Gasteiger partial charge is 0.542 e. The lowest BCUT2D eigenvalue weighted by molar-refractivity contribution is -0.362. The number of alkyl halides is 2. The van der Waals surface area contributed by atoms with Gasteiger partial charge in [0.25, 0.3) is 0 Å². The number of unbranched alkanes of at least 4 members (excludes halogenated alkanes) is 1. The summed E-state index contributed by atoms with van der Waals surface area (Å²) in [4.78, 5) is 9.63. The molecule has 0 aromatic carbocycles. The number of ether oxygens (including phenoxy) is 1. The minimum atomic E-state index is -4.14. The molecule has 3 nitrogen and oxygen atoms in total. The van der Waals surface area contributed by atoms with E-state index in [4.69, 9.17) is 0 Å². The van der Waals surface area contributed by atoms with Crippen molar-refractivity contribution in [3.63, 3.8) is 0 Å². The SMILES string of the molecule is CCCCOC(F)(F)C(=O)[O-]. The molecule has 0 bridgehead atoms. The number of halogens is 2. The summed E-state index contributed by atoms with van der Waals surface area (Å²) in [5.41, 5.74) is 0. The molecule has 0 aliphatic rings. The number of carboxylic acids is 1. The van der Waals surface area contributed by atoms with Crippen molar-refractivity contribution >= 4 is 5.97 Å². The van der Waals surface area contributed by atoms with Crippen molar-refractivity contribution in [1.29, 1.82) is 0 Å². The summed E-state index contributed by atoms with van der Waals surface area (Å²) < 4.78 is 27.7. The summed E-state index contributed by atoms with van der Waals surface area (Å²) in [5, 5.41) is 9.63. The van der Waals surface area contributed by atoms with E-state index in [1.165, 1.54) is 0 Å². The lowest BCUT2D eigenvalue weighted by atomic mass is 10.4. The zero-order chi connectivity index (χ0) is 8.91. The van der Waals surface area contributed by atoms with Crippen molar-refractivity contribution in [2.75, 3.05) is 6.61 Å². The van der Waals surface area contributed by atoms with Gasteiger partial charge in [-0.15, -0.1) is 0 Å². The number of hydrogen-bond acceptors (Lipinski definition) is 3. The molecule has 0 spiro atoms. The van der Waals surface area contributed by atoms with Gasteiger partial charge in [-0.05, 0) is 6.42 Å². The molecule has 5 heteroatoms. The third kappa shape index (κ3) is 3.87. The Morgan fingerprint density at radius 1 is 1.64 bits per heavy atom. The zero-order valence-electron chi connectivity index (χ0n) is 6.10. The lowest BCUT2D eigenvalue weighted by Crippen LogP contribution is -2.43. The van der Waals surface area contributed by atoms with E-state index < -0.39 is 12.1 Å². The van der Waals surface area contributed by atoms with Gasteiger partial charge in [-0.3, -0.25) is 0 Å². The third-order valence-electron chi connectivity index (χ3n) is 1.02. The van der Waals surface area contributed by atoms with Crippen molar-refractivity contribution in [2.24, 2.45) is 0 Å². The highest BCUT2D eigenvalue weighted by molar-refractivity contribution is 5.71. The molecule has 0 aromatic rings. The molecule has 11 heavy (non-hydrogen) atoms. The fraction of sp³-hybridized carbons (Fsp3) is 0.833. The highest BCUT2D eigenvalue weighted by Crippen LogP contribution is 2.14. The predicted molar refractivity (Wildman–Crippen MR) is 30.8 cm³/mol. The smallest absolute Gasteiger partial charge is 0.397 e. The topological polar surface area (TPSA) is 49.4 Å². The molecule has 0 aliphatic heterocycles. The summed E-state index contributed by atoms with van der Waals surface area (Å²) in [6, 6.07) is 0. The molecule has 0 radical (unpaired) electrons. The van der Waals surface area contributed by atoms with E-state index in [9.17, 15) is 18.7 Å². The van der Waals surface area contributed by atoms with Crippen molar-refractivity contribution in [1.82, 2.24) is 0 Å². The first kappa shape index (κ1) is 10.3. The van der Waals surface area contributed by atoms with Crippen LogP contribution in [0.2, 0.25) is 0 Å². The highest BCUT2D eigenvalue weighted by atomic mass is 19.3. The van der Waals surface area contributed by atoms with Crippen molar-refractivity contribution in [3.05, 3.63) is 0 Å². The van der Waals surface area contributed by atoms with E-state index in [1.54, 1.807) is 6.92 Å². The number of carbonyl (C=O) groups is 1. The number of carboxylic acid groups (broad SMARTS) is 1. The van der Waals surface area contributed by atoms with Crippen LogP contribution in [0.15, 0.2) is 0 Å². The molecule has 0 fully saturated rings. The van der Waals surface area contributed by atoms with Gasteiger partial charge < -0.3 is 14.6 Å². The van der Waals surface area contributed by atoms with Crippen LogP contribution < -0.4 is 5.11 Å². The van der Waals surface area contributed by atoms with Gasteiger partial charge in [-0.1, -0.05) is 13.3 Å². The van der Waals surface area contributed by atoms with Crippen LogP contribution in [0.5, 0.6) is 0 Å². The van der Waals surface area contributed by atoms with Crippen LogP contribution >= 0.6 is 0 Å². The average Bonchev–Trinajstić information content (AvgIpc) is 1.88. The first-order valence-corrected chi connectivity index (χ1v) is 3.24. The molecule has 0 amide bonds. The first-order chi connectivity index (χ1) is 5.00. The maximum absolute atomic E-state index is 12.0. The zero-order valence-corrected chi connectivity index (χ0v) is 6.10. The van der Waals surface area contributed by atoms with Crippen LogP contribution in [-0.4, -0.2) is 18.7 Å². The van der Waals surface area contributed by atoms with E-state index in [0.717, 1.165) is 0 Å². The monoisotopic (exact) mass is 167 g/mol. The number of hydrogen-bond donors (Lipinski definition) is 0. The molecule has 0 unspecified atom stereocenters. The van der Waals surface area contributed by atoms with Crippen molar-refractivity contribution in [2.45, 2.75) is 25.9 Å². The third-order valence-corrected chi connectivity index (χ3v) is 1.02. The molecule has 0 aromatic heterocycles. The van der Waals surface area contributed by atoms with Crippen LogP contribution in [0.4, 0.5) is 8.78 Å². The van der Waals surface area contributed by atoms with Crippen molar-refractivity contribution in [3.8, 4) is 0 Å². The maximum atomic E-state index is 12.0. The number of carbonyl (C=O) groups excluding carboxylic acids is 1. The highest BCUT2D eigenvalue weighted by Gasteiger charge is 2.31. The molecule has 0 atom stereocenters. The van der Waals surface area contributed by atoms with Gasteiger partial charge in [0.05, 0.1) is 6.61 Å². The van der Waals surface area contributed by atoms with Crippen LogP contribution in [0.1, 0.15) is 19.8 Å². The van der Waals surface area contributed by atoms with Gasteiger partial charge in [0.1, 0.15) is 5.97 Å². The summed E-state index contributed by atoms with van der Waals surface area (Å²) in [6.07, 6.45) is -3.07. The van der Waals surface area contributed by atoms with E-state index in [1.807, 2.05) is 0 Å². The Bertz CT molecular complexity index is 136. The number of rotatable bonds is 5. The van der Waals surface area contributed by atoms with E-state index in [2.05, 4.69) is 4.74 Å². The first-order valence-electron chi connectivity index (χ1n) is 3.24. The number of aliphatic carboxylic acids is 1. The molecular weight excluding hydrogens is 158 g/mol. The lowest BCUT2D eigenvalue weighted by Gasteiger charge is -2.16. The second-order valence-corrected chi connectivity index (χ2v) is 2.01. The minimum absolute atomic E-state index is 0.266. The Hall–Kier alpha value is -0.710. The molecule has 0 aliphatic carbocycles. The Kier molecular flexibility index (Phi) is 3.95. The maximum Gasteiger partial charge on any atom is 0.397 e. The normalized spacial score (nSPS) is 11.5. The predicted octanol–water partition coefficient (Wildman–Crippen LogP) is 0.146. The summed E-state index contributed by atoms with van der Waals surface area (Å²) >= 11 is 0. The molecule has 0 rings (SSSR count). The van der Waals surface area contributed by atoms with Gasteiger partial charge in [0, 0.05) is 0 Å². The average molecular weight is 167 g/mol. The molecule has 0 heterocycles. The van der Waals surface area contributed by atoms with Crippen LogP contribution in [-0.2, 0) is 9.53 Å². The molecule has 0 saturated heterocycles. The van der Waals surface area contributed by atoms with Crippen LogP contribution in [0, 0.1) is 0 Å². The van der Waals surface area contributed by atoms with Gasteiger partial charge >= 0.3 is 6.11 Å². The Morgan fingerprint density at radius 2 is 2.18 bits per heavy atom. The second kappa shape index (κ2) is 4.23. The summed E-state index contributed by atoms with van der Waals surface area (Å²) in [5.74, 6) is -2.49. The van der Waals surface area contributed by atoms with E-state index >= 15 is 0 Å². The minimum Gasteiger partial charge on any atom is -0.542 e. The Balaban J connectivity index is 3.64. The van der Waals surface area contributed by atoms with E-state index in [-0.39, 0.29) is 6.61 Å². The second-order valence-electron chi connectivity index (χ2n) is 2.01. The molecule has 0 saturated carbocycles. The standard InChI is InChI=1S/C6H10F2O3/c1-2-3-4-11-6(7,8)5(9)10/h2-4H2,1H3,(H,9,10)/p-1. The fourth-order valence-electron chi connectivity index (χ4n) is 0.404. The quantitative estimate of drug-likeness (QED) is 0.547. The molecule has 66 valence electrons. The fourth-order valence-corrected chi connectivity index (χ4v) is 0.404. The molecular formula is C6H9F2O3-. The van der Waals surface area contributed by atoms with Gasteiger partial charge in [0.2, 0.25) is 0 Å². The molecule has 0 N–H and O–H groups in total. The van der Waals surface area contributed by atoms with E-state index in [0.29, 0.717) is 12.8 Å². The van der Waals surface area contributed by atoms with Gasteiger partial charge in [0.15, 0.2) is 0 Å². The van der Waals surface area contributed by atoms with Gasteiger partial charge in [-0.25, -0.2) is 0 Å². The van der Waals surface area contributed by atoms with Gasteiger partial charge in [-0.2, -0.15) is 8.78 Å². The Labute approximate surface area is 63.0 Å². The van der Waals surface area contributed by atoms with Crippen molar-refractivity contribution < 1.29 is 23.4 Å². The Morgan fingerprint density at radius 3 is 2.55 bits per heavy atom.